The zero-order valence-electron chi connectivity index (χ0n) is 11.1. The number of anilines is 1. The number of nitrogens with zero attached hydrogens (tertiary/aromatic N) is 3. The molecule has 0 spiro atoms. The summed E-state index contributed by atoms with van der Waals surface area (Å²) in [4.78, 5) is 13.4. The summed E-state index contributed by atoms with van der Waals surface area (Å²) in [7, 11) is 0. The monoisotopic (exact) mass is 279 g/mol. The van der Waals surface area contributed by atoms with Crippen LogP contribution in [0.3, 0.4) is 0 Å². The smallest absolute Gasteiger partial charge is 0.266 e. The van der Waals surface area contributed by atoms with Crippen LogP contribution in [0.15, 0.2) is 24.5 Å². The fourth-order valence-corrected chi connectivity index (χ4v) is 2.52. The van der Waals surface area contributed by atoms with Crippen LogP contribution in [-0.4, -0.2) is 34.4 Å². The topological polar surface area (TPSA) is 37.6 Å². The summed E-state index contributed by atoms with van der Waals surface area (Å²) < 4.78 is 28.1. The quantitative estimate of drug-likeness (QED) is 0.811. The summed E-state index contributed by atoms with van der Waals surface area (Å²) in [6.45, 7) is 1.87. The Kier molecular flexibility index (Phi) is 2.96. The second-order valence-corrected chi connectivity index (χ2v) is 5.08. The van der Waals surface area contributed by atoms with Gasteiger partial charge in [0.25, 0.3) is 5.92 Å². The number of aromatic nitrogens is 2. The number of fused-ring (bicyclic) bond motifs is 1. The minimum absolute atomic E-state index is 0.0282. The van der Waals surface area contributed by atoms with Gasteiger partial charge in [0.1, 0.15) is 0 Å². The number of ketones is 1. The number of alkyl halides is 2. The summed E-state index contributed by atoms with van der Waals surface area (Å²) in [5.74, 6) is -2.59. The highest BCUT2D eigenvalue weighted by atomic mass is 19.3. The first-order valence-corrected chi connectivity index (χ1v) is 6.63. The Hall–Kier alpha value is -1.98. The summed E-state index contributed by atoms with van der Waals surface area (Å²) in [6, 6.07) is 3.53. The van der Waals surface area contributed by atoms with E-state index in [-0.39, 0.29) is 18.7 Å². The molecule has 1 saturated heterocycles. The fraction of sp³-hybridized carbons (Fsp3) is 0.429. The minimum Gasteiger partial charge on any atom is -0.364 e. The Balaban J connectivity index is 1.95. The van der Waals surface area contributed by atoms with E-state index in [1.807, 2.05) is 0 Å². The average molecular weight is 279 g/mol. The van der Waals surface area contributed by atoms with Gasteiger partial charge in [-0.05, 0) is 12.1 Å². The Morgan fingerprint density at radius 1 is 1.45 bits per heavy atom. The maximum atomic E-state index is 13.2. The lowest BCUT2D eigenvalue weighted by Gasteiger charge is -2.18. The number of pyridine rings is 1. The molecule has 2 aromatic heterocycles. The van der Waals surface area contributed by atoms with Gasteiger partial charge in [0.2, 0.25) is 0 Å². The van der Waals surface area contributed by atoms with Crippen molar-refractivity contribution < 1.29 is 13.6 Å². The molecule has 0 unspecified atom stereocenters. The van der Waals surface area contributed by atoms with Crippen LogP contribution in [0.25, 0.3) is 5.52 Å². The van der Waals surface area contributed by atoms with E-state index in [1.54, 1.807) is 34.7 Å². The highest BCUT2D eigenvalue weighted by Crippen LogP contribution is 2.31. The van der Waals surface area contributed by atoms with E-state index in [9.17, 15) is 13.6 Å². The molecule has 3 heterocycles. The third-order valence-corrected chi connectivity index (χ3v) is 3.66. The average Bonchev–Trinajstić information content (AvgIpc) is 3.00. The number of Topliss-reactive ketones (excluding diaryl/α,β-unsaturated/α-hetero) is 1. The van der Waals surface area contributed by atoms with Crippen molar-refractivity contribution in [2.75, 3.05) is 18.0 Å². The second kappa shape index (κ2) is 4.54. The SMILES string of the molecule is CCC(=O)c1cnn2cc(N3CCC(F)(F)C3)ccc12. The summed E-state index contributed by atoms with van der Waals surface area (Å²) in [6.07, 6.45) is 3.53. The maximum Gasteiger partial charge on any atom is 0.266 e. The van der Waals surface area contributed by atoms with E-state index in [1.165, 1.54) is 6.20 Å². The van der Waals surface area contributed by atoms with Crippen molar-refractivity contribution in [1.82, 2.24) is 9.61 Å². The van der Waals surface area contributed by atoms with E-state index in [2.05, 4.69) is 5.10 Å². The molecule has 0 saturated carbocycles. The molecule has 1 fully saturated rings. The largest absolute Gasteiger partial charge is 0.364 e. The van der Waals surface area contributed by atoms with E-state index < -0.39 is 5.92 Å². The van der Waals surface area contributed by atoms with Crippen molar-refractivity contribution in [1.29, 1.82) is 0 Å². The zero-order chi connectivity index (χ0) is 14.3. The van der Waals surface area contributed by atoms with Crippen LogP contribution in [-0.2, 0) is 0 Å². The predicted molar refractivity (Wildman–Crippen MR) is 71.6 cm³/mol. The molecule has 0 aliphatic carbocycles. The van der Waals surface area contributed by atoms with Crippen LogP contribution in [0.2, 0.25) is 0 Å². The first-order chi connectivity index (χ1) is 9.50. The number of carbonyl (C=O) groups is 1. The van der Waals surface area contributed by atoms with E-state index in [0.717, 1.165) is 0 Å². The highest BCUT2D eigenvalue weighted by Gasteiger charge is 2.38. The molecule has 0 radical (unpaired) electrons. The Labute approximate surface area is 115 Å². The van der Waals surface area contributed by atoms with E-state index in [4.69, 9.17) is 0 Å². The van der Waals surface area contributed by atoms with Crippen LogP contribution in [0.4, 0.5) is 14.5 Å². The summed E-state index contributed by atoms with van der Waals surface area (Å²) >= 11 is 0. The minimum atomic E-state index is -2.62. The van der Waals surface area contributed by atoms with Crippen molar-refractivity contribution in [2.24, 2.45) is 0 Å². The van der Waals surface area contributed by atoms with Gasteiger partial charge in [-0.3, -0.25) is 4.79 Å². The van der Waals surface area contributed by atoms with Crippen molar-refractivity contribution >= 4 is 17.0 Å². The molecule has 20 heavy (non-hydrogen) atoms. The summed E-state index contributed by atoms with van der Waals surface area (Å²) in [5.41, 5.74) is 1.99. The van der Waals surface area contributed by atoms with Gasteiger partial charge in [-0.1, -0.05) is 6.92 Å². The van der Waals surface area contributed by atoms with Crippen LogP contribution in [0.1, 0.15) is 30.1 Å². The van der Waals surface area contributed by atoms with Gasteiger partial charge in [0.15, 0.2) is 5.78 Å². The first kappa shape index (κ1) is 13.0. The van der Waals surface area contributed by atoms with Gasteiger partial charge in [-0.2, -0.15) is 5.10 Å². The molecule has 106 valence electrons. The fourth-order valence-electron chi connectivity index (χ4n) is 2.52. The van der Waals surface area contributed by atoms with Crippen LogP contribution >= 0.6 is 0 Å². The highest BCUT2D eigenvalue weighted by molar-refractivity contribution is 6.02. The number of halogens is 2. The summed E-state index contributed by atoms with van der Waals surface area (Å²) in [5, 5.41) is 4.14. The Bertz CT molecular complexity index is 665. The van der Waals surface area contributed by atoms with Crippen molar-refractivity contribution in [3.05, 3.63) is 30.1 Å². The van der Waals surface area contributed by atoms with Crippen molar-refractivity contribution in [3.63, 3.8) is 0 Å². The first-order valence-electron chi connectivity index (χ1n) is 6.63. The Morgan fingerprint density at radius 3 is 2.90 bits per heavy atom. The molecule has 3 rings (SSSR count). The molecule has 0 N–H and O–H groups in total. The third kappa shape index (κ3) is 2.15. The number of rotatable bonds is 3. The predicted octanol–water partition coefficient (Wildman–Crippen LogP) is 2.77. The molecule has 0 aromatic carbocycles. The molecule has 6 heteroatoms. The van der Waals surface area contributed by atoms with E-state index >= 15 is 0 Å². The maximum absolute atomic E-state index is 13.2. The molecular weight excluding hydrogens is 264 g/mol. The second-order valence-electron chi connectivity index (χ2n) is 5.08. The van der Waals surface area contributed by atoms with Gasteiger partial charge in [-0.15, -0.1) is 0 Å². The normalized spacial score (nSPS) is 17.9. The molecule has 0 atom stereocenters. The number of hydrogen-bond acceptors (Lipinski definition) is 3. The van der Waals surface area contributed by atoms with Gasteiger partial charge >= 0.3 is 0 Å². The van der Waals surface area contributed by atoms with Gasteiger partial charge in [-0.25, -0.2) is 13.3 Å². The standard InChI is InChI=1S/C14H15F2N3O/c1-2-13(20)11-7-17-19-8-10(3-4-12(11)19)18-6-5-14(15,16)9-18/h3-4,7-8H,2,5-6,9H2,1H3. The van der Waals surface area contributed by atoms with Crippen LogP contribution in [0.5, 0.6) is 0 Å². The Morgan fingerprint density at radius 2 is 2.25 bits per heavy atom. The molecule has 1 aliphatic heterocycles. The molecule has 4 nitrogen and oxygen atoms in total. The molecule has 1 aliphatic rings. The lowest BCUT2D eigenvalue weighted by molar-refractivity contribution is 0.0257. The molecule has 0 bridgehead atoms. The van der Waals surface area contributed by atoms with Crippen LogP contribution in [0, 0.1) is 0 Å². The molecule has 0 amide bonds. The third-order valence-electron chi connectivity index (χ3n) is 3.66. The zero-order valence-corrected chi connectivity index (χ0v) is 11.1. The van der Waals surface area contributed by atoms with Crippen LogP contribution < -0.4 is 4.90 Å². The lowest BCUT2D eigenvalue weighted by atomic mass is 10.1. The molecular formula is C14H15F2N3O. The van der Waals surface area contributed by atoms with Gasteiger partial charge < -0.3 is 4.90 Å². The number of carbonyl (C=O) groups excluding carboxylic acids is 1. The number of hydrogen-bond donors (Lipinski definition) is 0. The molecule has 2 aromatic rings. The van der Waals surface area contributed by atoms with Crippen molar-refractivity contribution in [3.8, 4) is 0 Å². The van der Waals surface area contributed by atoms with E-state index in [0.29, 0.717) is 29.7 Å². The lowest BCUT2D eigenvalue weighted by Crippen LogP contribution is -2.25. The van der Waals surface area contributed by atoms with Crippen molar-refractivity contribution in [2.45, 2.75) is 25.7 Å². The van der Waals surface area contributed by atoms with Gasteiger partial charge in [0.05, 0.1) is 35.7 Å². The van der Waals surface area contributed by atoms with Gasteiger partial charge in [0, 0.05) is 19.4 Å².